The van der Waals surface area contributed by atoms with Crippen LogP contribution >= 0.6 is 0 Å². The van der Waals surface area contributed by atoms with Crippen molar-refractivity contribution >= 4 is 17.6 Å². The number of allylic oxidation sites excluding steroid dienone is 8. The maximum absolute atomic E-state index is 2.12. The Labute approximate surface area is 65.6 Å². The summed E-state index contributed by atoms with van der Waals surface area (Å²) in [5.74, 6) is 0. The molecule has 0 saturated carbocycles. The molecule has 0 aromatic heterocycles. The summed E-state index contributed by atoms with van der Waals surface area (Å²) < 4.78 is 0. The van der Waals surface area contributed by atoms with Crippen LogP contribution in [0.15, 0.2) is 47.6 Å². The maximum atomic E-state index is 2.12. The second-order valence-corrected chi connectivity index (χ2v) is 1.96. The van der Waals surface area contributed by atoms with Crippen LogP contribution in [0.3, 0.4) is 0 Å². The summed E-state index contributed by atoms with van der Waals surface area (Å²) >= 11 is 0. The third-order valence-corrected chi connectivity index (χ3v) is 1.44. The predicted molar refractivity (Wildman–Crippen MR) is 40.2 cm³/mol. The molecule has 0 amide bonds. The topological polar surface area (TPSA) is 0 Å². The second-order valence-electron chi connectivity index (χ2n) is 1.96. The molecule has 0 aromatic carbocycles. The minimum absolute atomic E-state index is 0. The van der Waals surface area contributed by atoms with Gasteiger partial charge in [0.25, 0.3) is 0 Å². The van der Waals surface area contributed by atoms with Crippen LogP contribution < -0.4 is 0 Å². The van der Waals surface area contributed by atoms with Crippen molar-refractivity contribution in [2.24, 2.45) is 0 Å². The number of fused-ring (bicyclic) bond motifs is 1. The van der Waals surface area contributed by atoms with Crippen molar-refractivity contribution in [2.45, 2.75) is 0 Å². The van der Waals surface area contributed by atoms with Gasteiger partial charge in [-0.1, -0.05) is 36.5 Å². The van der Waals surface area contributed by atoms with Crippen molar-refractivity contribution < 1.29 is 0 Å². The monoisotopic (exact) mass is 176 g/mol. The summed E-state index contributed by atoms with van der Waals surface area (Å²) in [6.07, 6.45) is 12.6. The zero-order valence-corrected chi connectivity index (χ0v) is 7.06. The van der Waals surface area contributed by atoms with E-state index >= 15 is 0 Å². The molecule has 0 aliphatic heterocycles. The van der Waals surface area contributed by atoms with Gasteiger partial charge in [0.1, 0.15) is 0 Å². The Morgan fingerprint density at radius 1 is 0.778 bits per heavy atom. The zero-order valence-electron chi connectivity index (χ0n) is 4.96. The Bertz CT molecular complexity index is 203. The van der Waals surface area contributed by atoms with E-state index in [1.165, 1.54) is 11.1 Å². The first kappa shape index (κ1) is 6.62. The molecule has 9 heavy (non-hydrogen) atoms. The van der Waals surface area contributed by atoms with Gasteiger partial charge in [-0.15, -0.1) is 0 Å². The van der Waals surface area contributed by atoms with Crippen LogP contribution in [0.4, 0.5) is 0 Å². The van der Waals surface area contributed by atoms with Crippen molar-refractivity contribution in [2.75, 3.05) is 0 Å². The number of hydrogen-bond acceptors (Lipinski definition) is 0. The molecule has 0 nitrogen and oxygen atoms in total. The van der Waals surface area contributed by atoms with Gasteiger partial charge in [0.15, 0.2) is 0 Å². The first-order valence-electron chi connectivity index (χ1n) is 2.74. The minimum Gasteiger partial charge on any atom is -0.0610 e. The third-order valence-electron chi connectivity index (χ3n) is 1.44. The van der Waals surface area contributed by atoms with Crippen molar-refractivity contribution in [3.05, 3.63) is 47.6 Å². The van der Waals surface area contributed by atoms with Gasteiger partial charge >= 0.3 is 0 Å². The van der Waals surface area contributed by atoms with E-state index in [1.807, 2.05) is 0 Å². The fourth-order valence-corrected chi connectivity index (χ4v) is 1.01. The molecule has 0 fully saturated rings. The van der Waals surface area contributed by atoms with Gasteiger partial charge < -0.3 is 0 Å². The summed E-state index contributed by atoms with van der Waals surface area (Å²) in [6, 6.07) is 0. The quantitative estimate of drug-likeness (QED) is 0.490. The molecule has 0 heterocycles. The van der Waals surface area contributed by atoms with Crippen LogP contribution in [-0.2, 0) is 0 Å². The molecule has 42 valence electrons. The summed E-state index contributed by atoms with van der Waals surface area (Å²) in [7, 11) is 0. The predicted octanol–water partition coefficient (Wildman–Crippen LogP) is 1.60. The molecule has 1 heteroatoms. The smallest absolute Gasteiger partial charge is 0 e. The molecule has 2 aliphatic rings. The molecule has 2 rings (SSSR count). The molecule has 0 spiro atoms. The summed E-state index contributed by atoms with van der Waals surface area (Å²) in [4.78, 5) is 0. The Morgan fingerprint density at radius 3 is 1.67 bits per heavy atom. The van der Waals surface area contributed by atoms with E-state index in [0.717, 1.165) is 0 Å². The first-order chi connectivity index (χ1) is 3.97. The Balaban J connectivity index is 0.000000405. The fraction of sp³-hybridized carbons (Fsp3) is 0. The van der Waals surface area contributed by atoms with E-state index < -0.39 is 0 Å². The molecule has 0 atom stereocenters. The van der Waals surface area contributed by atoms with E-state index in [9.17, 15) is 0 Å². The number of hydrogen-bond donors (Lipinski definition) is 0. The SMILES string of the molecule is C1=CC2=CC=CC2=C1.[Ge]. The average molecular weight is 175 g/mol. The Hall–Kier alpha value is -0.497. The Morgan fingerprint density at radius 2 is 1.22 bits per heavy atom. The van der Waals surface area contributed by atoms with Gasteiger partial charge in [0.2, 0.25) is 0 Å². The number of rotatable bonds is 0. The van der Waals surface area contributed by atoms with E-state index in [4.69, 9.17) is 0 Å². The van der Waals surface area contributed by atoms with Crippen LogP contribution in [0, 0.1) is 0 Å². The summed E-state index contributed by atoms with van der Waals surface area (Å²) in [5.41, 5.74) is 2.70. The van der Waals surface area contributed by atoms with Crippen molar-refractivity contribution in [1.29, 1.82) is 0 Å². The molecular formula is C8H6Ge. The molecule has 4 radical (unpaired) electrons. The average Bonchev–Trinajstić information content (AvgIpc) is 2.15. The minimum atomic E-state index is 0. The van der Waals surface area contributed by atoms with Crippen LogP contribution in [0.5, 0.6) is 0 Å². The Kier molecular flexibility index (Phi) is 1.76. The van der Waals surface area contributed by atoms with Crippen LogP contribution in [0.1, 0.15) is 0 Å². The normalized spacial score (nSPS) is 18.7. The molecule has 0 aromatic rings. The van der Waals surface area contributed by atoms with E-state index in [2.05, 4.69) is 36.5 Å². The van der Waals surface area contributed by atoms with Crippen molar-refractivity contribution in [1.82, 2.24) is 0 Å². The zero-order chi connectivity index (χ0) is 5.40. The van der Waals surface area contributed by atoms with E-state index in [1.54, 1.807) is 0 Å². The van der Waals surface area contributed by atoms with Gasteiger partial charge in [0, 0.05) is 17.6 Å². The maximum Gasteiger partial charge on any atom is 0 e. The van der Waals surface area contributed by atoms with Crippen molar-refractivity contribution in [3.63, 3.8) is 0 Å². The molecule has 2 aliphatic carbocycles. The fourth-order valence-electron chi connectivity index (χ4n) is 1.01. The van der Waals surface area contributed by atoms with Gasteiger partial charge in [-0.25, -0.2) is 0 Å². The summed E-state index contributed by atoms with van der Waals surface area (Å²) in [6.45, 7) is 0. The molecule has 0 unspecified atom stereocenters. The molecule has 0 N–H and O–H groups in total. The van der Waals surface area contributed by atoms with Crippen molar-refractivity contribution in [3.8, 4) is 0 Å². The van der Waals surface area contributed by atoms with E-state index in [-0.39, 0.29) is 17.6 Å². The third kappa shape index (κ3) is 0.945. The first-order valence-corrected chi connectivity index (χ1v) is 2.74. The van der Waals surface area contributed by atoms with Crippen LogP contribution in [0.2, 0.25) is 0 Å². The van der Waals surface area contributed by atoms with Crippen LogP contribution in [-0.4, -0.2) is 17.6 Å². The largest absolute Gasteiger partial charge is 0.0610 e. The standard InChI is InChI=1S/C8H6.Ge/c1-3-7-5-2-6-8(7)4-1;/h1-6H;. The molecule has 0 saturated heterocycles. The van der Waals surface area contributed by atoms with Gasteiger partial charge in [-0.2, -0.15) is 0 Å². The van der Waals surface area contributed by atoms with E-state index in [0.29, 0.717) is 0 Å². The van der Waals surface area contributed by atoms with Crippen LogP contribution in [0.25, 0.3) is 0 Å². The van der Waals surface area contributed by atoms with Gasteiger partial charge in [0.05, 0.1) is 0 Å². The molecule has 0 bridgehead atoms. The molecular weight excluding hydrogens is 169 g/mol. The summed E-state index contributed by atoms with van der Waals surface area (Å²) in [5, 5.41) is 0. The second kappa shape index (κ2) is 2.40. The van der Waals surface area contributed by atoms with Gasteiger partial charge in [-0.05, 0) is 11.1 Å². The van der Waals surface area contributed by atoms with Gasteiger partial charge in [-0.3, -0.25) is 0 Å².